The molecule has 1 heterocycles. The van der Waals surface area contributed by atoms with Crippen LogP contribution in [0.5, 0.6) is 5.75 Å². The minimum atomic E-state index is -0.398. The predicted molar refractivity (Wildman–Crippen MR) is 87.3 cm³/mol. The number of nitrogens with zero attached hydrogens (tertiary/aromatic N) is 4. The Kier molecular flexibility index (Phi) is 5.30. The van der Waals surface area contributed by atoms with Crippen molar-refractivity contribution in [3.63, 3.8) is 0 Å². The van der Waals surface area contributed by atoms with E-state index in [0.29, 0.717) is 18.0 Å². The van der Waals surface area contributed by atoms with E-state index in [0.717, 1.165) is 12.1 Å². The second-order valence-electron chi connectivity index (χ2n) is 4.59. The molecule has 0 fully saturated rings. The maximum atomic E-state index is 8.84. The number of anilines is 1. The third-order valence-electron chi connectivity index (χ3n) is 2.94. The van der Waals surface area contributed by atoms with E-state index in [-0.39, 0.29) is 5.71 Å². The highest BCUT2D eigenvalue weighted by atomic mass is 16.5. The Hall–Kier alpha value is -3.34. The molecule has 8 nitrogen and oxygen atoms in total. The van der Waals surface area contributed by atoms with Crippen molar-refractivity contribution < 1.29 is 4.74 Å². The second-order valence-corrected chi connectivity index (χ2v) is 4.59. The van der Waals surface area contributed by atoms with E-state index in [1.165, 1.54) is 0 Å². The summed E-state index contributed by atoms with van der Waals surface area (Å²) in [5, 5.41) is 24.1. The summed E-state index contributed by atoms with van der Waals surface area (Å²) in [7, 11) is 0. The summed E-state index contributed by atoms with van der Waals surface area (Å²) in [6.07, 6.45) is 3.67. The predicted octanol–water partition coefficient (Wildman–Crippen LogP) is 1.71. The van der Waals surface area contributed by atoms with Gasteiger partial charge in [0.05, 0.1) is 11.9 Å². The number of ether oxygens (including phenoxy) is 1. The molecule has 0 unspecified atom stereocenters. The van der Waals surface area contributed by atoms with Gasteiger partial charge in [0, 0.05) is 18.3 Å². The number of rotatable bonds is 7. The molecule has 0 aliphatic heterocycles. The van der Waals surface area contributed by atoms with Crippen LogP contribution in [0.15, 0.2) is 41.8 Å². The molecule has 2 aromatic rings. The molecule has 0 saturated heterocycles. The molecular weight excluding hydrogens is 294 g/mol. The number of nitriles is 1. The van der Waals surface area contributed by atoms with E-state index in [9.17, 15) is 0 Å². The summed E-state index contributed by atoms with van der Waals surface area (Å²) in [6, 6.07) is 8.91. The molecule has 2 rings (SSSR count). The normalized spacial score (nSPS) is 10.9. The van der Waals surface area contributed by atoms with Crippen LogP contribution in [0.3, 0.4) is 0 Å². The van der Waals surface area contributed by atoms with Crippen molar-refractivity contribution in [2.45, 2.75) is 20.1 Å². The van der Waals surface area contributed by atoms with E-state index >= 15 is 0 Å². The van der Waals surface area contributed by atoms with Gasteiger partial charge in [-0.3, -0.25) is 15.5 Å². The molecule has 4 N–H and O–H groups in total. The van der Waals surface area contributed by atoms with E-state index in [4.69, 9.17) is 21.1 Å². The second kappa shape index (κ2) is 7.61. The molecule has 118 valence electrons. The van der Waals surface area contributed by atoms with Crippen molar-refractivity contribution in [3.8, 4) is 11.8 Å². The number of para-hydroxylation sites is 2. The lowest BCUT2D eigenvalue weighted by molar-refractivity contribution is 0.307. The van der Waals surface area contributed by atoms with Gasteiger partial charge >= 0.3 is 0 Å². The van der Waals surface area contributed by atoms with Gasteiger partial charge in [0.1, 0.15) is 18.4 Å². The number of aromatic nitrogens is 2. The molecule has 0 aliphatic carbocycles. The molecule has 1 aromatic carbocycles. The van der Waals surface area contributed by atoms with Gasteiger partial charge in [-0.2, -0.15) is 15.5 Å². The topological polar surface area (TPSA) is 125 Å². The van der Waals surface area contributed by atoms with Crippen LogP contribution in [0, 0.1) is 16.7 Å². The monoisotopic (exact) mass is 311 g/mol. The van der Waals surface area contributed by atoms with Crippen molar-refractivity contribution in [1.82, 2.24) is 9.78 Å². The van der Waals surface area contributed by atoms with Gasteiger partial charge in [0.2, 0.25) is 5.71 Å². The van der Waals surface area contributed by atoms with Gasteiger partial charge in [-0.1, -0.05) is 12.1 Å². The summed E-state index contributed by atoms with van der Waals surface area (Å²) < 4.78 is 7.57. The highest BCUT2D eigenvalue weighted by Crippen LogP contribution is 2.24. The van der Waals surface area contributed by atoms with E-state index < -0.39 is 5.84 Å². The molecule has 1 aromatic heterocycles. The fourth-order valence-electron chi connectivity index (χ4n) is 1.76. The summed E-state index contributed by atoms with van der Waals surface area (Å²) in [6.45, 7) is 3.17. The minimum Gasteiger partial charge on any atom is -0.487 e. The number of hydrogen-bond donors (Lipinski definition) is 3. The number of aryl methyl sites for hydroxylation is 1. The molecule has 23 heavy (non-hydrogen) atoms. The van der Waals surface area contributed by atoms with Crippen molar-refractivity contribution in [2.75, 3.05) is 5.43 Å². The number of benzene rings is 1. The van der Waals surface area contributed by atoms with Crippen LogP contribution < -0.4 is 15.9 Å². The van der Waals surface area contributed by atoms with Crippen LogP contribution >= 0.6 is 0 Å². The average molecular weight is 311 g/mol. The fourth-order valence-corrected chi connectivity index (χ4v) is 1.76. The molecule has 8 heteroatoms. The molecule has 0 saturated carbocycles. The number of hydrogen-bond acceptors (Lipinski definition) is 6. The third kappa shape index (κ3) is 4.31. The van der Waals surface area contributed by atoms with Crippen molar-refractivity contribution in [3.05, 3.63) is 42.2 Å². The summed E-state index contributed by atoms with van der Waals surface area (Å²) in [5.41, 5.74) is 9.28. The van der Waals surface area contributed by atoms with Gasteiger partial charge in [-0.15, -0.1) is 0 Å². The largest absolute Gasteiger partial charge is 0.487 e. The van der Waals surface area contributed by atoms with Crippen LogP contribution in [-0.2, 0) is 13.2 Å². The summed E-state index contributed by atoms with van der Waals surface area (Å²) in [5.74, 6) is 0.173. The molecule has 0 aliphatic rings. The standard InChI is InChI=1S/C15H17N7O/c1-2-22-9-11(8-19-22)10-23-14-6-4-3-5-12(14)20-21-13(7-16)15(17)18/h3-6,8-9,20H,2,10H2,1H3,(H3,17,18)/b21-13+. The number of hydrazone groups is 1. The van der Waals surface area contributed by atoms with Gasteiger partial charge in [0.25, 0.3) is 0 Å². The Bertz CT molecular complexity index is 757. The Balaban J connectivity index is 2.08. The first-order chi connectivity index (χ1) is 11.1. The van der Waals surface area contributed by atoms with E-state index in [2.05, 4.69) is 15.6 Å². The van der Waals surface area contributed by atoms with E-state index in [1.807, 2.05) is 23.9 Å². The molecule has 0 atom stereocenters. The first kappa shape index (κ1) is 16.0. The fraction of sp³-hybridized carbons (Fsp3) is 0.200. The lowest BCUT2D eigenvalue weighted by Gasteiger charge is -2.10. The van der Waals surface area contributed by atoms with Crippen molar-refractivity contribution in [1.29, 1.82) is 10.7 Å². The van der Waals surface area contributed by atoms with Gasteiger partial charge < -0.3 is 10.5 Å². The zero-order valence-electron chi connectivity index (χ0n) is 12.7. The first-order valence-electron chi connectivity index (χ1n) is 6.95. The van der Waals surface area contributed by atoms with Gasteiger partial charge in [-0.05, 0) is 19.1 Å². The average Bonchev–Trinajstić information content (AvgIpc) is 3.02. The summed E-state index contributed by atoms with van der Waals surface area (Å²) >= 11 is 0. The number of nitrogens with two attached hydrogens (primary N) is 1. The first-order valence-corrected chi connectivity index (χ1v) is 6.95. The van der Waals surface area contributed by atoms with Crippen LogP contribution in [0.1, 0.15) is 12.5 Å². The van der Waals surface area contributed by atoms with Crippen LogP contribution in [-0.4, -0.2) is 21.3 Å². The highest BCUT2D eigenvalue weighted by molar-refractivity contribution is 6.45. The van der Waals surface area contributed by atoms with Gasteiger partial charge in [-0.25, -0.2) is 0 Å². The Labute approximate surface area is 133 Å². The van der Waals surface area contributed by atoms with E-state index in [1.54, 1.807) is 30.5 Å². The minimum absolute atomic E-state index is 0.191. The van der Waals surface area contributed by atoms with Crippen molar-refractivity contribution >= 4 is 17.2 Å². The van der Waals surface area contributed by atoms with Gasteiger partial charge in [0.15, 0.2) is 5.84 Å². The highest BCUT2D eigenvalue weighted by Gasteiger charge is 2.06. The maximum Gasteiger partial charge on any atom is 0.201 e. The lowest BCUT2D eigenvalue weighted by Crippen LogP contribution is -2.21. The molecule has 0 bridgehead atoms. The molecule has 0 radical (unpaired) electrons. The molecule has 0 spiro atoms. The summed E-state index contributed by atoms with van der Waals surface area (Å²) in [4.78, 5) is 0. The third-order valence-corrected chi connectivity index (χ3v) is 2.94. The maximum absolute atomic E-state index is 8.84. The number of amidine groups is 1. The smallest absolute Gasteiger partial charge is 0.201 e. The lowest BCUT2D eigenvalue weighted by atomic mass is 10.3. The zero-order chi connectivity index (χ0) is 16.7. The SMILES string of the molecule is CCn1cc(COc2ccccc2N/N=C(\C#N)C(=N)N)cn1. The number of nitrogens with one attached hydrogen (secondary N) is 2. The Morgan fingerprint density at radius 2 is 2.30 bits per heavy atom. The van der Waals surface area contributed by atoms with Crippen LogP contribution in [0.2, 0.25) is 0 Å². The Morgan fingerprint density at radius 3 is 2.96 bits per heavy atom. The Morgan fingerprint density at radius 1 is 1.52 bits per heavy atom. The quantitative estimate of drug-likeness (QED) is 0.408. The van der Waals surface area contributed by atoms with Crippen LogP contribution in [0.25, 0.3) is 0 Å². The zero-order valence-corrected chi connectivity index (χ0v) is 12.7. The molecule has 0 amide bonds. The van der Waals surface area contributed by atoms with Crippen molar-refractivity contribution in [2.24, 2.45) is 10.8 Å². The van der Waals surface area contributed by atoms with Crippen LogP contribution in [0.4, 0.5) is 5.69 Å². The molecular formula is C15H17N7O.